The molecule has 0 saturated carbocycles. The molecule has 0 N–H and O–H groups in total. The molecule has 10 aromatic rings. The summed E-state index contributed by atoms with van der Waals surface area (Å²) >= 11 is 0. The Morgan fingerprint density at radius 1 is 0.370 bits per heavy atom. The highest BCUT2D eigenvalue weighted by Gasteiger charge is 2.20. The van der Waals surface area contributed by atoms with Gasteiger partial charge in [0.1, 0.15) is 0 Å². The SMILES string of the molecule is CCCCc1cccc(-c2ccccc2-c2ccc(-n3c4ccccc4c4c5c6ccccc6n(-c6cccc(-c7ccccc7)c6)c5ccc43)cc2)c1. The van der Waals surface area contributed by atoms with Crippen LogP contribution in [0.25, 0.3) is 88.4 Å². The molecule has 0 radical (unpaired) electrons. The van der Waals surface area contributed by atoms with E-state index >= 15 is 0 Å². The highest BCUT2D eigenvalue weighted by Crippen LogP contribution is 2.43. The van der Waals surface area contributed by atoms with Gasteiger partial charge in [0.15, 0.2) is 0 Å². The van der Waals surface area contributed by atoms with Crippen LogP contribution in [0.1, 0.15) is 25.3 Å². The lowest BCUT2D eigenvalue weighted by Crippen LogP contribution is -1.95. The van der Waals surface area contributed by atoms with Gasteiger partial charge in [0.05, 0.1) is 22.1 Å². The van der Waals surface area contributed by atoms with Gasteiger partial charge < -0.3 is 9.13 Å². The van der Waals surface area contributed by atoms with E-state index in [9.17, 15) is 0 Å². The zero-order valence-corrected chi connectivity index (χ0v) is 30.4. The van der Waals surface area contributed by atoms with Crippen molar-refractivity contribution in [2.45, 2.75) is 26.2 Å². The number of para-hydroxylation sites is 2. The van der Waals surface area contributed by atoms with Crippen molar-refractivity contribution >= 4 is 43.6 Å². The van der Waals surface area contributed by atoms with E-state index in [-0.39, 0.29) is 0 Å². The van der Waals surface area contributed by atoms with E-state index in [1.54, 1.807) is 0 Å². The average molecular weight is 693 g/mol. The summed E-state index contributed by atoms with van der Waals surface area (Å²) in [5.41, 5.74) is 16.0. The molecule has 0 spiro atoms. The fourth-order valence-electron chi connectivity index (χ4n) is 8.58. The highest BCUT2D eigenvalue weighted by atomic mass is 15.0. The number of unbranched alkanes of at least 4 members (excludes halogenated alkanes) is 1. The molecule has 0 aliphatic heterocycles. The third-order valence-electron chi connectivity index (χ3n) is 11.1. The minimum Gasteiger partial charge on any atom is -0.309 e. The quantitative estimate of drug-likeness (QED) is 0.150. The van der Waals surface area contributed by atoms with Gasteiger partial charge in [-0.25, -0.2) is 0 Å². The summed E-state index contributed by atoms with van der Waals surface area (Å²) in [4.78, 5) is 0. The van der Waals surface area contributed by atoms with Gasteiger partial charge in [-0.2, -0.15) is 0 Å². The molecule has 0 aliphatic carbocycles. The molecular weight excluding hydrogens is 653 g/mol. The van der Waals surface area contributed by atoms with Gasteiger partial charge in [0.2, 0.25) is 0 Å². The number of aromatic nitrogens is 2. The van der Waals surface area contributed by atoms with E-state index in [1.807, 2.05) is 0 Å². The van der Waals surface area contributed by atoms with E-state index in [4.69, 9.17) is 0 Å². The molecule has 54 heavy (non-hydrogen) atoms. The molecule has 0 unspecified atom stereocenters. The van der Waals surface area contributed by atoms with Crippen molar-refractivity contribution in [2.24, 2.45) is 0 Å². The standard InChI is InChI=1S/C52H40N2/c1-2-3-15-36-16-13-20-40(34-36)44-23-8-7-22-43(44)38-28-30-41(31-29-38)53-47-26-11-9-24-45(47)51-49(53)32-33-50-52(51)46-25-10-12-27-48(46)54(50)42-21-14-19-39(35-42)37-17-5-4-6-18-37/h4-14,16-35H,2-3,15H2,1H3. The maximum atomic E-state index is 2.44. The molecule has 258 valence electrons. The molecular formula is C52H40N2. The van der Waals surface area contributed by atoms with Crippen LogP contribution >= 0.6 is 0 Å². The monoisotopic (exact) mass is 692 g/mol. The van der Waals surface area contributed by atoms with Crippen LogP contribution in [0.2, 0.25) is 0 Å². The Bertz CT molecular complexity index is 2960. The first-order valence-corrected chi connectivity index (χ1v) is 19.2. The van der Waals surface area contributed by atoms with E-state index in [0.717, 1.165) is 17.8 Å². The summed E-state index contributed by atoms with van der Waals surface area (Å²) in [6, 6.07) is 69.0. The molecule has 0 bridgehead atoms. The molecule has 0 amide bonds. The summed E-state index contributed by atoms with van der Waals surface area (Å²) < 4.78 is 4.88. The van der Waals surface area contributed by atoms with Crippen molar-refractivity contribution in [3.8, 4) is 44.8 Å². The normalized spacial score (nSPS) is 11.6. The van der Waals surface area contributed by atoms with Crippen molar-refractivity contribution in [3.63, 3.8) is 0 Å². The highest BCUT2D eigenvalue weighted by molar-refractivity contribution is 6.28. The van der Waals surface area contributed by atoms with Crippen LogP contribution in [0, 0.1) is 0 Å². The smallest absolute Gasteiger partial charge is 0.0548 e. The van der Waals surface area contributed by atoms with E-state index < -0.39 is 0 Å². The lowest BCUT2D eigenvalue weighted by atomic mass is 9.93. The Hall–Kier alpha value is -6.64. The van der Waals surface area contributed by atoms with Gasteiger partial charge in [-0.05, 0) is 100 Å². The molecule has 10 rings (SSSR count). The number of hydrogen-bond donors (Lipinski definition) is 0. The predicted molar refractivity (Wildman–Crippen MR) is 230 cm³/mol. The third kappa shape index (κ3) is 5.33. The van der Waals surface area contributed by atoms with E-state index in [0.29, 0.717) is 0 Å². The van der Waals surface area contributed by atoms with Crippen LogP contribution in [0.5, 0.6) is 0 Å². The van der Waals surface area contributed by atoms with Crippen LogP contribution in [0.15, 0.2) is 188 Å². The first-order valence-electron chi connectivity index (χ1n) is 19.2. The van der Waals surface area contributed by atoms with Crippen LogP contribution in [0.4, 0.5) is 0 Å². The number of aryl methyl sites for hydroxylation is 1. The summed E-state index contributed by atoms with van der Waals surface area (Å²) in [5.74, 6) is 0. The zero-order valence-electron chi connectivity index (χ0n) is 30.4. The van der Waals surface area contributed by atoms with Gasteiger partial charge in [0.25, 0.3) is 0 Å². The molecule has 0 aliphatic rings. The van der Waals surface area contributed by atoms with Gasteiger partial charge in [-0.15, -0.1) is 0 Å². The lowest BCUT2D eigenvalue weighted by Gasteiger charge is -2.13. The topological polar surface area (TPSA) is 9.86 Å². The Morgan fingerprint density at radius 2 is 0.926 bits per heavy atom. The predicted octanol–water partition coefficient (Wildman–Crippen LogP) is 14.2. The largest absolute Gasteiger partial charge is 0.309 e. The van der Waals surface area contributed by atoms with Crippen molar-refractivity contribution in [1.29, 1.82) is 0 Å². The van der Waals surface area contributed by atoms with Crippen molar-refractivity contribution in [1.82, 2.24) is 9.13 Å². The van der Waals surface area contributed by atoms with Crippen LogP contribution in [0.3, 0.4) is 0 Å². The van der Waals surface area contributed by atoms with E-state index in [2.05, 4.69) is 204 Å². The fourth-order valence-corrected chi connectivity index (χ4v) is 8.58. The summed E-state index contributed by atoms with van der Waals surface area (Å²) in [6.07, 6.45) is 3.54. The molecule has 8 aromatic carbocycles. The molecule has 2 heterocycles. The minimum atomic E-state index is 1.12. The molecule has 0 atom stereocenters. The molecule has 2 nitrogen and oxygen atoms in total. The first-order chi connectivity index (χ1) is 26.8. The first kappa shape index (κ1) is 32.0. The van der Waals surface area contributed by atoms with Crippen molar-refractivity contribution in [3.05, 3.63) is 194 Å². The van der Waals surface area contributed by atoms with E-state index in [1.165, 1.54) is 95.4 Å². The average Bonchev–Trinajstić information content (AvgIpc) is 3.76. The molecule has 2 aromatic heterocycles. The fraction of sp³-hybridized carbons (Fsp3) is 0.0769. The summed E-state index contributed by atoms with van der Waals surface area (Å²) in [5, 5.41) is 5.10. The Balaban J connectivity index is 1.13. The molecule has 0 fully saturated rings. The Labute approximate surface area is 316 Å². The summed E-state index contributed by atoms with van der Waals surface area (Å²) in [7, 11) is 0. The van der Waals surface area contributed by atoms with Gasteiger partial charge in [-0.1, -0.05) is 153 Å². The number of fused-ring (bicyclic) bond motifs is 7. The lowest BCUT2D eigenvalue weighted by molar-refractivity contribution is 0.795. The Kier molecular flexibility index (Phi) is 7.95. The second-order valence-corrected chi connectivity index (χ2v) is 14.4. The van der Waals surface area contributed by atoms with Gasteiger partial charge in [0, 0.05) is 32.9 Å². The van der Waals surface area contributed by atoms with Crippen molar-refractivity contribution < 1.29 is 0 Å². The zero-order chi connectivity index (χ0) is 36.0. The number of hydrogen-bond acceptors (Lipinski definition) is 0. The number of benzene rings is 8. The number of rotatable bonds is 8. The Morgan fingerprint density at radius 3 is 1.61 bits per heavy atom. The third-order valence-corrected chi connectivity index (χ3v) is 11.1. The minimum absolute atomic E-state index is 1.12. The maximum Gasteiger partial charge on any atom is 0.0548 e. The van der Waals surface area contributed by atoms with Crippen LogP contribution in [-0.2, 0) is 6.42 Å². The van der Waals surface area contributed by atoms with Gasteiger partial charge in [-0.3, -0.25) is 0 Å². The van der Waals surface area contributed by atoms with Crippen molar-refractivity contribution in [2.75, 3.05) is 0 Å². The van der Waals surface area contributed by atoms with Gasteiger partial charge >= 0.3 is 0 Å². The van der Waals surface area contributed by atoms with Crippen LogP contribution in [-0.4, -0.2) is 9.13 Å². The van der Waals surface area contributed by atoms with Crippen LogP contribution < -0.4 is 0 Å². The summed E-state index contributed by atoms with van der Waals surface area (Å²) in [6.45, 7) is 2.26. The molecule has 0 saturated heterocycles. The number of nitrogens with zero attached hydrogens (tertiary/aromatic N) is 2. The second kappa shape index (κ2) is 13.4. The second-order valence-electron chi connectivity index (χ2n) is 14.4. The maximum absolute atomic E-state index is 2.44. The molecule has 2 heteroatoms.